The van der Waals surface area contributed by atoms with Gasteiger partial charge in [-0.2, -0.15) is 5.26 Å². The molecule has 0 N–H and O–H groups in total. The molecule has 0 saturated carbocycles. The first-order valence-electron chi connectivity index (χ1n) is 14.9. The molecule has 0 bridgehead atoms. The van der Waals surface area contributed by atoms with Crippen LogP contribution < -0.4 is 9.47 Å². The Morgan fingerprint density at radius 2 is 1.54 bits per heavy atom. The van der Waals surface area contributed by atoms with Crippen molar-refractivity contribution in [2.45, 2.75) is 50.4 Å². The molecule has 0 aromatic heterocycles. The summed E-state index contributed by atoms with van der Waals surface area (Å²) in [6, 6.07) is 25.2. The summed E-state index contributed by atoms with van der Waals surface area (Å²) in [5.41, 5.74) is 0.959. The fraction of sp³-hybridized carbons (Fsp3) is 0.343. The maximum absolute atomic E-state index is 14.7. The monoisotopic (exact) mass is 657 g/mol. The molecule has 3 aromatic carbocycles. The number of likely N-dealkylation sites (tertiary alicyclic amines) is 1. The van der Waals surface area contributed by atoms with Gasteiger partial charge in [-0.25, -0.2) is 0 Å². The van der Waals surface area contributed by atoms with E-state index in [1.54, 1.807) is 39.1 Å². The van der Waals surface area contributed by atoms with Crippen molar-refractivity contribution in [2.75, 3.05) is 19.7 Å². The molecular formula is C35H35N3O6S2. The lowest BCUT2D eigenvalue weighted by atomic mass is 9.79. The summed E-state index contributed by atoms with van der Waals surface area (Å²) in [7, 11) is 1.56. The summed E-state index contributed by atoms with van der Waals surface area (Å²) >= 11 is 1.78. The first kappa shape index (κ1) is 33.1. The van der Waals surface area contributed by atoms with Crippen molar-refractivity contribution < 1.29 is 28.7 Å². The van der Waals surface area contributed by atoms with Crippen molar-refractivity contribution in [1.29, 1.82) is 5.26 Å². The third kappa shape index (κ3) is 6.78. The Kier molecular flexibility index (Phi) is 10.1. The Morgan fingerprint density at radius 1 is 0.935 bits per heavy atom. The SMILES string of the molecule is CCC(=O)N1[C@@H](c2ccc3c(c2)OCO3)[C@@](C)(C#N)C[C@]1(SC(=O)Cc1ccccc1)C(=O)N(C)CSC(=O)Cc1ccccc1. The van der Waals surface area contributed by atoms with Gasteiger partial charge in [-0.05, 0) is 47.5 Å². The summed E-state index contributed by atoms with van der Waals surface area (Å²) in [5, 5.41) is 10.2. The Morgan fingerprint density at radius 3 is 2.15 bits per heavy atom. The van der Waals surface area contributed by atoms with Crippen LogP contribution in [0.3, 0.4) is 0 Å². The van der Waals surface area contributed by atoms with Gasteiger partial charge >= 0.3 is 0 Å². The fourth-order valence-corrected chi connectivity index (χ4v) is 8.28. The van der Waals surface area contributed by atoms with Gasteiger partial charge in [0.1, 0.15) is 0 Å². The molecule has 0 radical (unpaired) electrons. The van der Waals surface area contributed by atoms with E-state index in [1.165, 1.54) is 9.80 Å². The Balaban J connectivity index is 1.52. The number of hydrogen-bond donors (Lipinski definition) is 0. The van der Waals surface area contributed by atoms with E-state index in [1.807, 2.05) is 60.7 Å². The van der Waals surface area contributed by atoms with Crippen LogP contribution in [0.4, 0.5) is 0 Å². The van der Waals surface area contributed by atoms with Gasteiger partial charge in [-0.15, -0.1) is 0 Å². The van der Waals surface area contributed by atoms with E-state index in [0.717, 1.165) is 34.7 Å². The number of carbonyl (C=O) groups is 4. The number of carbonyl (C=O) groups excluding carboxylic acids is 4. The zero-order valence-electron chi connectivity index (χ0n) is 25.9. The van der Waals surface area contributed by atoms with Crippen LogP contribution in [0.25, 0.3) is 0 Å². The normalized spacial score (nSPS) is 21.4. The lowest BCUT2D eigenvalue weighted by Crippen LogP contribution is -2.56. The highest BCUT2D eigenvalue weighted by Gasteiger charge is 2.65. The van der Waals surface area contributed by atoms with Crippen LogP contribution in [0.5, 0.6) is 11.5 Å². The molecule has 46 heavy (non-hydrogen) atoms. The number of benzene rings is 3. The molecule has 3 atom stereocenters. The van der Waals surface area contributed by atoms with Crippen LogP contribution in [0, 0.1) is 16.7 Å². The molecule has 11 heteroatoms. The molecule has 2 aliphatic rings. The topological polar surface area (TPSA) is 117 Å². The Hall–Kier alpha value is -4.27. The van der Waals surface area contributed by atoms with Crippen molar-refractivity contribution >= 4 is 45.6 Å². The van der Waals surface area contributed by atoms with Gasteiger partial charge in [0.15, 0.2) is 26.6 Å². The number of rotatable bonds is 10. The molecular weight excluding hydrogens is 623 g/mol. The molecule has 0 aliphatic carbocycles. The van der Waals surface area contributed by atoms with E-state index in [4.69, 9.17) is 9.47 Å². The minimum atomic E-state index is -1.75. The third-order valence-corrected chi connectivity index (χ3v) is 10.4. The van der Waals surface area contributed by atoms with E-state index in [2.05, 4.69) is 6.07 Å². The van der Waals surface area contributed by atoms with Gasteiger partial charge in [-0.1, -0.05) is 85.4 Å². The van der Waals surface area contributed by atoms with Gasteiger partial charge in [0, 0.05) is 32.7 Å². The maximum atomic E-state index is 14.7. The summed E-state index contributed by atoms with van der Waals surface area (Å²) in [6.07, 6.45) is 0.167. The Labute approximate surface area is 277 Å². The number of thioether (sulfide) groups is 2. The molecule has 2 amide bonds. The molecule has 0 spiro atoms. The minimum Gasteiger partial charge on any atom is -0.454 e. The summed E-state index contributed by atoms with van der Waals surface area (Å²) in [4.78, 5) is 56.4. The number of ether oxygens (including phenoxy) is 2. The highest BCUT2D eigenvalue weighted by molar-refractivity contribution is 8.15. The van der Waals surface area contributed by atoms with Crippen LogP contribution in [0.1, 0.15) is 49.4 Å². The number of hydrogen-bond acceptors (Lipinski definition) is 9. The van der Waals surface area contributed by atoms with Crippen LogP contribution in [0.15, 0.2) is 78.9 Å². The minimum absolute atomic E-state index is 0.00575. The van der Waals surface area contributed by atoms with Crippen molar-refractivity contribution in [3.63, 3.8) is 0 Å². The van der Waals surface area contributed by atoms with E-state index in [0.29, 0.717) is 17.1 Å². The number of amides is 2. The quantitative estimate of drug-likeness (QED) is 0.252. The van der Waals surface area contributed by atoms with E-state index in [-0.39, 0.29) is 54.5 Å². The Bertz CT molecular complexity index is 1660. The molecule has 1 fully saturated rings. The highest BCUT2D eigenvalue weighted by Crippen LogP contribution is 2.60. The number of fused-ring (bicyclic) bond motifs is 1. The summed E-state index contributed by atoms with van der Waals surface area (Å²) in [5.74, 6) is 0.122. The average Bonchev–Trinajstić information content (AvgIpc) is 3.64. The van der Waals surface area contributed by atoms with Crippen LogP contribution in [0.2, 0.25) is 0 Å². The molecule has 0 unspecified atom stereocenters. The summed E-state index contributed by atoms with van der Waals surface area (Å²) in [6.45, 7) is 3.45. The fourth-order valence-electron chi connectivity index (χ4n) is 6.02. The predicted octanol–water partition coefficient (Wildman–Crippen LogP) is 5.75. The zero-order chi connectivity index (χ0) is 32.9. The number of nitrogens with zero attached hydrogens (tertiary/aromatic N) is 3. The number of likely N-dealkylation sites (N-methyl/N-ethyl adjacent to an activating group) is 1. The maximum Gasteiger partial charge on any atom is 0.260 e. The van der Waals surface area contributed by atoms with Gasteiger partial charge in [0.2, 0.25) is 12.7 Å². The van der Waals surface area contributed by atoms with Gasteiger partial charge < -0.3 is 19.3 Å². The molecule has 3 aromatic rings. The third-order valence-electron chi connectivity index (χ3n) is 8.16. The van der Waals surface area contributed by atoms with Crippen LogP contribution >= 0.6 is 23.5 Å². The highest BCUT2D eigenvalue weighted by atomic mass is 32.2. The molecule has 238 valence electrons. The van der Waals surface area contributed by atoms with E-state index < -0.39 is 22.2 Å². The largest absolute Gasteiger partial charge is 0.454 e. The molecule has 5 rings (SSSR count). The van der Waals surface area contributed by atoms with Gasteiger partial charge in [0.25, 0.3) is 5.91 Å². The lowest BCUT2D eigenvalue weighted by Gasteiger charge is -2.41. The first-order valence-corrected chi connectivity index (χ1v) is 16.7. The second-order valence-electron chi connectivity index (χ2n) is 11.6. The molecule has 9 nitrogen and oxygen atoms in total. The smallest absolute Gasteiger partial charge is 0.260 e. The molecule has 2 heterocycles. The van der Waals surface area contributed by atoms with Crippen molar-refractivity contribution in [3.8, 4) is 17.6 Å². The van der Waals surface area contributed by atoms with Crippen molar-refractivity contribution in [2.24, 2.45) is 5.41 Å². The van der Waals surface area contributed by atoms with Gasteiger partial charge in [0.05, 0.1) is 23.4 Å². The number of nitriles is 1. The average molecular weight is 658 g/mol. The molecule has 1 saturated heterocycles. The van der Waals surface area contributed by atoms with Crippen molar-refractivity contribution in [3.05, 3.63) is 95.6 Å². The van der Waals surface area contributed by atoms with E-state index in [9.17, 15) is 24.4 Å². The molecule has 2 aliphatic heterocycles. The van der Waals surface area contributed by atoms with Crippen LogP contribution in [-0.2, 0) is 32.0 Å². The lowest BCUT2D eigenvalue weighted by molar-refractivity contribution is -0.146. The van der Waals surface area contributed by atoms with Crippen LogP contribution in [-0.4, -0.2) is 56.4 Å². The second kappa shape index (κ2) is 14.0. The standard InChI is InChI=1S/C35H35N3O6S2/c1-4-29(39)38-32(26-15-16-27-28(19-26)44-23-43-27)34(2,21-36)20-35(38,46-31(41)18-25-13-9-6-10-14-25)33(42)37(3)22-45-30(40)17-24-11-7-5-8-12-24/h5-16,19,32H,4,17-18,20,22-23H2,1-3H3/t32-,34+,35-/m0/s1. The first-order chi connectivity index (χ1) is 22.1. The van der Waals surface area contributed by atoms with E-state index >= 15 is 0 Å². The predicted molar refractivity (Wildman–Crippen MR) is 177 cm³/mol. The second-order valence-corrected chi connectivity index (χ2v) is 13.9. The van der Waals surface area contributed by atoms with Gasteiger partial charge in [-0.3, -0.25) is 19.2 Å². The summed E-state index contributed by atoms with van der Waals surface area (Å²) < 4.78 is 11.1. The zero-order valence-corrected chi connectivity index (χ0v) is 27.6. The van der Waals surface area contributed by atoms with Crippen molar-refractivity contribution in [1.82, 2.24) is 9.80 Å².